The molecule has 0 bridgehead atoms. The van der Waals surface area contributed by atoms with Crippen molar-refractivity contribution in [3.05, 3.63) is 42.5 Å². The molecule has 0 aliphatic carbocycles. The maximum absolute atomic E-state index is 12.9. The highest BCUT2D eigenvalue weighted by Crippen LogP contribution is 2.23. The van der Waals surface area contributed by atoms with E-state index >= 15 is 0 Å². The van der Waals surface area contributed by atoms with Crippen LogP contribution in [-0.2, 0) is 0 Å². The van der Waals surface area contributed by atoms with E-state index in [1.807, 2.05) is 11.8 Å². The maximum Gasteiger partial charge on any atom is 0.153 e. The summed E-state index contributed by atoms with van der Waals surface area (Å²) in [6.07, 6.45) is 3.12. The Labute approximate surface area is 98.9 Å². The molecule has 4 nitrogen and oxygen atoms in total. The topological polar surface area (TPSA) is 55.0 Å². The minimum absolute atomic E-state index is 0.261. The third-order valence-corrected chi connectivity index (χ3v) is 2.37. The van der Waals surface area contributed by atoms with Crippen molar-refractivity contribution in [3.8, 4) is 0 Å². The Morgan fingerprint density at radius 3 is 2.53 bits per heavy atom. The van der Waals surface area contributed by atoms with E-state index in [1.165, 1.54) is 18.3 Å². The number of hydrogen-bond acceptors (Lipinski definition) is 4. The van der Waals surface area contributed by atoms with Crippen molar-refractivity contribution in [2.75, 3.05) is 17.2 Å². The van der Waals surface area contributed by atoms with E-state index in [0.29, 0.717) is 18.2 Å². The smallest absolute Gasteiger partial charge is 0.153 e. The van der Waals surface area contributed by atoms with Gasteiger partial charge in [0.2, 0.25) is 0 Å². The van der Waals surface area contributed by atoms with Crippen molar-refractivity contribution in [2.45, 2.75) is 6.92 Å². The highest BCUT2D eigenvalue weighted by atomic mass is 19.1. The van der Waals surface area contributed by atoms with Gasteiger partial charge in [0.05, 0.1) is 12.4 Å². The van der Waals surface area contributed by atoms with Crippen molar-refractivity contribution in [1.29, 1.82) is 0 Å². The fourth-order valence-corrected chi connectivity index (χ4v) is 1.60. The molecule has 0 unspecified atom stereocenters. The summed E-state index contributed by atoms with van der Waals surface area (Å²) < 4.78 is 12.9. The zero-order valence-corrected chi connectivity index (χ0v) is 9.47. The average Bonchev–Trinajstić information content (AvgIpc) is 2.33. The normalized spacial score (nSPS) is 10.2. The molecule has 1 aromatic heterocycles. The second-order valence-corrected chi connectivity index (χ2v) is 3.52. The van der Waals surface area contributed by atoms with Gasteiger partial charge < -0.3 is 10.6 Å². The Hall–Kier alpha value is -2.17. The summed E-state index contributed by atoms with van der Waals surface area (Å²) in [7, 11) is 0. The van der Waals surface area contributed by atoms with E-state index in [0.717, 1.165) is 5.69 Å². The van der Waals surface area contributed by atoms with Crippen molar-refractivity contribution >= 4 is 17.3 Å². The van der Waals surface area contributed by atoms with Gasteiger partial charge in [-0.25, -0.2) is 9.37 Å². The first-order valence-corrected chi connectivity index (χ1v) is 5.31. The summed E-state index contributed by atoms with van der Waals surface area (Å²) in [5.41, 5.74) is 6.45. The Balaban J connectivity index is 2.36. The van der Waals surface area contributed by atoms with Gasteiger partial charge in [0, 0.05) is 12.2 Å². The van der Waals surface area contributed by atoms with Crippen molar-refractivity contribution in [2.24, 2.45) is 0 Å². The Morgan fingerprint density at radius 2 is 1.94 bits per heavy atom. The second-order valence-electron chi connectivity index (χ2n) is 3.52. The lowest BCUT2D eigenvalue weighted by Crippen LogP contribution is -2.18. The first kappa shape index (κ1) is 11.3. The van der Waals surface area contributed by atoms with Crippen molar-refractivity contribution < 1.29 is 4.39 Å². The van der Waals surface area contributed by atoms with Gasteiger partial charge in [-0.3, -0.25) is 4.98 Å². The highest BCUT2D eigenvalue weighted by Gasteiger charge is 2.09. The standard InChI is InChI=1S/C12H13FN4/c1-2-17(10-5-3-9(13)4-6-10)12-8-15-7-11(14)16-12/h3-8H,2H2,1H3,(H2,14,16). The summed E-state index contributed by atoms with van der Waals surface area (Å²) >= 11 is 0. The first-order chi connectivity index (χ1) is 8.20. The molecule has 2 rings (SSSR count). The predicted octanol–water partition coefficient (Wildman–Crippen LogP) is 2.36. The van der Waals surface area contributed by atoms with Gasteiger partial charge in [-0.05, 0) is 31.2 Å². The summed E-state index contributed by atoms with van der Waals surface area (Å²) in [5, 5.41) is 0. The average molecular weight is 232 g/mol. The molecular weight excluding hydrogens is 219 g/mol. The molecule has 17 heavy (non-hydrogen) atoms. The van der Waals surface area contributed by atoms with Crippen LogP contribution in [0.15, 0.2) is 36.7 Å². The molecule has 2 N–H and O–H groups in total. The van der Waals surface area contributed by atoms with Gasteiger partial charge in [-0.15, -0.1) is 0 Å². The van der Waals surface area contributed by atoms with E-state index < -0.39 is 0 Å². The highest BCUT2D eigenvalue weighted by molar-refractivity contribution is 5.59. The molecule has 0 spiro atoms. The Kier molecular flexibility index (Phi) is 3.18. The summed E-state index contributed by atoms with van der Waals surface area (Å²) in [6.45, 7) is 2.68. The lowest BCUT2D eigenvalue weighted by molar-refractivity contribution is 0.628. The fraction of sp³-hybridized carbons (Fsp3) is 0.167. The molecule has 0 saturated heterocycles. The molecule has 0 aliphatic rings. The van der Waals surface area contributed by atoms with Crippen LogP contribution >= 0.6 is 0 Å². The SMILES string of the molecule is CCN(c1ccc(F)cc1)c1cncc(N)n1. The summed E-state index contributed by atoms with van der Waals surface area (Å²) in [4.78, 5) is 10.1. The van der Waals surface area contributed by atoms with Crippen LogP contribution in [0.1, 0.15) is 6.92 Å². The van der Waals surface area contributed by atoms with Crippen molar-refractivity contribution in [1.82, 2.24) is 9.97 Å². The molecule has 0 saturated carbocycles. The number of nitrogens with two attached hydrogens (primary N) is 1. The molecule has 1 heterocycles. The summed E-state index contributed by atoms with van der Waals surface area (Å²) in [6, 6.07) is 6.23. The largest absolute Gasteiger partial charge is 0.382 e. The third-order valence-electron chi connectivity index (χ3n) is 2.37. The molecule has 0 fully saturated rings. The number of nitrogens with zero attached hydrogens (tertiary/aromatic N) is 3. The number of nitrogen functional groups attached to an aromatic ring is 1. The van der Waals surface area contributed by atoms with Gasteiger partial charge in [0.1, 0.15) is 11.6 Å². The van der Waals surface area contributed by atoms with E-state index in [4.69, 9.17) is 5.73 Å². The Morgan fingerprint density at radius 1 is 1.24 bits per heavy atom. The second kappa shape index (κ2) is 4.78. The maximum atomic E-state index is 12.9. The predicted molar refractivity (Wildman–Crippen MR) is 65.5 cm³/mol. The third kappa shape index (κ3) is 2.50. The Bertz CT molecular complexity index is 498. The van der Waals surface area contributed by atoms with Crippen LogP contribution in [-0.4, -0.2) is 16.5 Å². The zero-order valence-electron chi connectivity index (χ0n) is 9.47. The van der Waals surface area contributed by atoms with Crippen LogP contribution in [0.5, 0.6) is 0 Å². The molecule has 2 aromatic rings. The van der Waals surface area contributed by atoms with E-state index in [-0.39, 0.29) is 5.82 Å². The first-order valence-electron chi connectivity index (χ1n) is 5.31. The number of hydrogen-bond donors (Lipinski definition) is 1. The lowest BCUT2D eigenvalue weighted by atomic mass is 10.3. The molecule has 0 atom stereocenters. The van der Waals surface area contributed by atoms with Crippen LogP contribution in [0.3, 0.4) is 0 Å². The number of aromatic nitrogens is 2. The van der Waals surface area contributed by atoms with Gasteiger partial charge in [-0.1, -0.05) is 0 Å². The molecule has 5 heteroatoms. The summed E-state index contributed by atoms with van der Waals surface area (Å²) in [5.74, 6) is 0.755. The lowest BCUT2D eigenvalue weighted by Gasteiger charge is -2.21. The van der Waals surface area contributed by atoms with Gasteiger partial charge >= 0.3 is 0 Å². The fourth-order valence-electron chi connectivity index (χ4n) is 1.60. The molecule has 0 amide bonds. The van der Waals surface area contributed by atoms with Crippen LogP contribution in [0, 0.1) is 5.82 Å². The molecule has 0 radical (unpaired) electrons. The number of benzene rings is 1. The minimum Gasteiger partial charge on any atom is -0.382 e. The number of anilines is 3. The zero-order chi connectivity index (χ0) is 12.3. The van der Waals surface area contributed by atoms with E-state index in [2.05, 4.69) is 9.97 Å². The van der Waals surface area contributed by atoms with Crippen LogP contribution < -0.4 is 10.6 Å². The van der Waals surface area contributed by atoms with Crippen LogP contribution in [0.2, 0.25) is 0 Å². The van der Waals surface area contributed by atoms with Crippen LogP contribution in [0.25, 0.3) is 0 Å². The van der Waals surface area contributed by atoms with Gasteiger partial charge in [-0.2, -0.15) is 0 Å². The van der Waals surface area contributed by atoms with Crippen LogP contribution in [0.4, 0.5) is 21.7 Å². The molecule has 88 valence electrons. The minimum atomic E-state index is -0.261. The quantitative estimate of drug-likeness (QED) is 0.882. The van der Waals surface area contributed by atoms with Crippen molar-refractivity contribution in [3.63, 3.8) is 0 Å². The number of halogens is 1. The number of rotatable bonds is 3. The van der Waals surface area contributed by atoms with Gasteiger partial charge in [0.15, 0.2) is 5.82 Å². The van der Waals surface area contributed by atoms with E-state index in [1.54, 1.807) is 18.3 Å². The molecular formula is C12H13FN4. The monoisotopic (exact) mass is 232 g/mol. The molecule has 0 aliphatic heterocycles. The van der Waals surface area contributed by atoms with E-state index in [9.17, 15) is 4.39 Å². The molecule has 1 aromatic carbocycles. The van der Waals surface area contributed by atoms with Gasteiger partial charge in [0.25, 0.3) is 0 Å².